The Hall–Kier alpha value is -3.73. The summed E-state index contributed by atoms with van der Waals surface area (Å²) in [6.07, 6.45) is -10.7. The number of rotatable bonds is 6. The van der Waals surface area contributed by atoms with Crippen LogP contribution >= 0.6 is 0 Å². The van der Waals surface area contributed by atoms with E-state index in [0.29, 0.717) is 22.9 Å². The molecule has 1 aliphatic heterocycles. The van der Waals surface area contributed by atoms with Crippen LogP contribution in [0.3, 0.4) is 0 Å². The van der Waals surface area contributed by atoms with Crippen molar-refractivity contribution >= 4 is 15.9 Å². The molecule has 0 spiro atoms. The van der Waals surface area contributed by atoms with Crippen LogP contribution in [0.5, 0.6) is 0 Å². The van der Waals surface area contributed by atoms with Gasteiger partial charge in [-0.05, 0) is 42.8 Å². The van der Waals surface area contributed by atoms with E-state index in [4.69, 9.17) is 0 Å². The number of hydrogen-bond donors (Lipinski definition) is 1. The molecule has 4 rings (SSSR count). The third-order valence-electron chi connectivity index (χ3n) is 6.32. The zero-order valence-corrected chi connectivity index (χ0v) is 21.5. The smallest absolute Gasteiger partial charge is 0.351 e. The van der Waals surface area contributed by atoms with Gasteiger partial charge in [0, 0.05) is 19.2 Å². The van der Waals surface area contributed by atoms with Crippen LogP contribution in [0.4, 0.5) is 35.1 Å². The number of carbonyl (C=O) groups is 1. The topological polar surface area (TPSA) is 105 Å². The second-order valence-electron chi connectivity index (χ2n) is 9.02. The summed E-state index contributed by atoms with van der Waals surface area (Å²) in [6, 6.07) is 1.44. The Balaban J connectivity index is 1.61. The minimum absolute atomic E-state index is 0.290. The molecule has 0 unspecified atom stereocenters. The number of carbonyl (C=O) groups excluding carboxylic acids is 1. The largest absolute Gasteiger partial charge is 0.434 e. The lowest BCUT2D eigenvalue weighted by Crippen LogP contribution is -2.48. The molecule has 1 aliphatic rings. The van der Waals surface area contributed by atoms with E-state index < -0.39 is 87.0 Å². The summed E-state index contributed by atoms with van der Waals surface area (Å²) in [5.41, 5.74) is -3.78. The number of nitrogens with one attached hydrogen (secondary N) is 1. The molecule has 3 heterocycles. The van der Waals surface area contributed by atoms with Crippen molar-refractivity contribution < 1.29 is 48.3 Å². The van der Waals surface area contributed by atoms with Gasteiger partial charge in [-0.15, -0.1) is 0 Å². The van der Waals surface area contributed by atoms with Gasteiger partial charge in [-0.1, -0.05) is 0 Å². The summed E-state index contributed by atoms with van der Waals surface area (Å²) in [5, 5.41) is 2.18. The summed E-state index contributed by atoms with van der Waals surface area (Å²) < 4.78 is 134. The Bertz CT molecular complexity index is 1530. The summed E-state index contributed by atoms with van der Waals surface area (Å²) in [4.78, 5) is 22.9. The van der Waals surface area contributed by atoms with Gasteiger partial charge in [0.05, 0.1) is 34.6 Å². The van der Waals surface area contributed by atoms with Crippen molar-refractivity contribution in [3.63, 3.8) is 0 Å². The minimum Gasteiger partial charge on any atom is -0.351 e. The van der Waals surface area contributed by atoms with Gasteiger partial charge in [-0.2, -0.15) is 30.6 Å². The Morgan fingerprint density at radius 3 is 2.17 bits per heavy atom. The van der Waals surface area contributed by atoms with Crippen molar-refractivity contribution in [2.75, 3.05) is 0 Å². The third kappa shape index (κ3) is 6.29. The van der Waals surface area contributed by atoms with Crippen molar-refractivity contribution in [3.05, 3.63) is 71.6 Å². The molecule has 1 fully saturated rings. The molecule has 3 aromatic rings. The predicted molar refractivity (Wildman–Crippen MR) is 125 cm³/mol. The highest BCUT2D eigenvalue weighted by atomic mass is 32.2. The molecule has 2 aromatic heterocycles. The van der Waals surface area contributed by atoms with Crippen LogP contribution in [0.25, 0.3) is 11.4 Å². The van der Waals surface area contributed by atoms with Crippen molar-refractivity contribution in [3.8, 4) is 11.4 Å². The van der Waals surface area contributed by atoms with Gasteiger partial charge in [0.25, 0.3) is 0 Å². The van der Waals surface area contributed by atoms with Crippen molar-refractivity contribution in [2.24, 2.45) is 0 Å². The van der Waals surface area contributed by atoms with Crippen molar-refractivity contribution in [1.82, 2.24) is 24.6 Å². The average molecular weight is 609 g/mol. The molecule has 0 bridgehead atoms. The fraction of sp³-hybridized carbons (Fsp3) is 0.333. The number of pyridine rings is 1. The fourth-order valence-corrected chi connectivity index (χ4v) is 6.05. The molecule has 1 amide bonds. The average Bonchev–Trinajstić information content (AvgIpc) is 3.21. The summed E-state index contributed by atoms with van der Waals surface area (Å²) >= 11 is 0. The SMILES string of the molecule is C[C@H]1[C@H](F)C[C@@H](C(=O)NCc2cc(-c3cnc(C(F)(F)F)cn3)ncc2C(F)(F)F)N1S(=O)(=O)c1ccc(F)cc1. The lowest BCUT2D eigenvalue weighted by molar-refractivity contribution is -0.141. The number of alkyl halides is 7. The first-order valence-corrected chi connectivity index (χ1v) is 13.1. The normalized spacial score (nSPS) is 20.3. The molecule has 220 valence electrons. The van der Waals surface area contributed by atoms with Crippen LogP contribution in [-0.2, 0) is 33.7 Å². The number of nitrogens with zero attached hydrogens (tertiary/aromatic N) is 4. The van der Waals surface area contributed by atoms with E-state index in [1.54, 1.807) is 0 Å². The van der Waals surface area contributed by atoms with Gasteiger partial charge in [0.15, 0.2) is 5.69 Å². The Labute approximate surface area is 227 Å². The highest BCUT2D eigenvalue weighted by molar-refractivity contribution is 7.89. The number of aromatic nitrogens is 3. The third-order valence-corrected chi connectivity index (χ3v) is 8.33. The first-order chi connectivity index (χ1) is 19.0. The maximum Gasteiger partial charge on any atom is 0.434 e. The second-order valence-corrected chi connectivity index (χ2v) is 10.9. The van der Waals surface area contributed by atoms with E-state index in [-0.39, 0.29) is 11.4 Å². The summed E-state index contributed by atoms with van der Waals surface area (Å²) in [7, 11) is -4.52. The number of halogens is 8. The van der Waals surface area contributed by atoms with Gasteiger partial charge in [0.2, 0.25) is 15.9 Å². The van der Waals surface area contributed by atoms with Crippen LogP contribution in [0.1, 0.15) is 30.2 Å². The molecular weight excluding hydrogens is 590 g/mol. The van der Waals surface area contributed by atoms with Crippen LogP contribution in [-0.4, -0.2) is 51.8 Å². The first kappa shape index (κ1) is 30.2. The van der Waals surface area contributed by atoms with Crippen LogP contribution < -0.4 is 5.32 Å². The van der Waals surface area contributed by atoms with Crippen molar-refractivity contribution in [1.29, 1.82) is 0 Å². The molecule has 1 N–H and O–H groups in total. The summed E-state index contributed by atoms with van der Waals surface area (Å²) in [5.74, 6) is -1.85. The number of sulfonamides is 1. The maximum absolute atomic E-state index is 14.6. The first-order valence-electron chi connectivity index (χ1n) is 11.7. The highest BCUT2D eigenvalue weighted by Gasteiger charge is 2.49. The lowest BCUT2D eigenvalue weighted by Gasteiger charge is -2.27. The molecule has 3 atom stereocenters. The zero-order valence-electron chi connectivity index (χ0n) is 20.7. The van der Waals surface area contributed by atoms with Gasteiger partial charge in [-0.25, -0.2) is 22.2 Å². The minimum atomic E-state index is -4.96. The van der Waals surface area contributed by atoms with Crippen LogP contribution in [0.2, 0.25) is 0 Å². The predicted octanol–water partition coefficient (Wildman–Crippen LogP) is 4.52. The van der Waals surface area contributed by atoms with Gasteiger partial charge >= 0.3 is 12.4 Å². The van der Waals surface area contributed by atoms with Gasteiger partial charge < -0.3 is 5.32 Å². The molecular formula is C24H19F8N5O3S. The molecule has 0 radical (unpaired) electrons. The lowest BCUT2D eigenvalue weighted by atomic mass is 10.1. The van der Waals surface area contributed by atoms with Gasteiger partial charge in [0.1, 0.15) is 23.7 Å². The van der Waals surface area contributed by atoms with Crippen LogP contribution in [0, 0.1) is 5.82 Å². The number of benzene rings is 1. The second kappa shape index (κ2) is 10.9. The van der Waals surface area contributed by atoms with E-state index in [1.807, 2.05) is 0 Å². The number of amides is 1. The van der Waals surface area contributed by atoms with E-state index in [9.17, 15) is 48.3 Å². The highest BCUT2D eigenvalue weighted by Crippen LogP contribution is 2.35. The van der Waals surface area contributed by atoms with E-state index in [1.165, 1.54) is 6.92 Å². The molecule has 8 nitrogen and oxygen atoms in total. The Morgan fingerprint density at radius 2 is 1.61 bits per heavy atom. The van der Waals surface area contributed by atoms with E-state index >= 15 is 0 Å². The van der Waals surface area contributed by atoms with Crippen LogP contribution in [0.15, 0.2) is 53.8 Å². The number of hydrogen-bond acceptors (Lipinski definition) is 6. The van der Waals surface area contributed by atoms with Crippen molar-refractivity contribution in [2.45, 2.75) is 55.4 Å². The van der Waals surface area contributed by atoms with E-state index in [2.05, 4.69) is 20.3 Å². The Kier molecular flexibility index (Phi) is 8.05. The molecule has 17 heteroatoms. The fourth-order valence-electron chi connectivity index (χ4n) is 4.24. The zero-order chi connectivity index (χ0) is 30.3. The monoisotopic (exact) mass is 609 g/mol. The molecule has 1 saturated heterocycles. The van der Waals surface area contributed by atoms with Gasteiger partial charge in [-0.3, -0.25) is 14.8 Å². The maximum atomic E-state index is 14.6. The summed E-state index contributed by atoms with van der Waals surface area (Å²) in [6.45, 7) is 0.380. The molecule has 0 aliphatic carbocycles. The quantitative estimate of drug-likeness (QED) is 0.413. The molecule has 41 heavy (non-hydrogen) atoms. The van der Waals surface area contributed by atoms with E-state index in [0.717, 1.165) is 30.3 Å². The Morgan fingerprint density at radius 1 is 0.976 bits per heavy atom. The molecule has 1 aromatic carbocycles. The standard InChI is InChI=1S/C24H19F8N5O3S/c1-12-17(26)7-20(37(12)41(39,40)15-4-2-14(25)3-5-15)22(38)36-8-13-6-18(33-9-16(13)23(27,28)29)19-10-35-21(11-34-19)24(30,31)32/h2-6,9-12,17,20H,7-8H2,1H3,(H,36,38)/t12-,17+,20-/m0/s1. The molecule has 0 saturated carbocycles.